The number of fused-ring (bicyclic) bond motifs is 1. The zero-order chi connectivity index (χ0) is 21.3. The number of carbonyl (C=O) groups is 1. The summed E-state index contributed by atoms with van der Waals surface area (Å²) in [4.78, 5) is 24.4. The molecule has 0 saturated heterocycles. The molecule has 8 heteroatoms. The molecule has 0 atom stereocenters. The average molecular weight is 430 g/mol. The molecular weight excluding hydrogens is 398 g/mol. The summed E-state index contributed by atoms with van der Waals surface area (Å²) >= 11 is 1.84. The van der Waals surface area contributed by atoms with Crippen LogP contribution >= 0.6 is 11.3 Å². The second kappa shape index (κ2) is 11.0. The average Bonchev–Trinajstić information content (AvgIpc) is 3.18. The number of aromatic nitrogens is 1. The van der Waals surface area contributed by atoms with E-state index in [1.165, 1.54) is 34.8 Å². The number of rotatable bonds is 8. The van der Waals surface area contributed by atoms with Gasteiger partial charge in [0.1, 0.15) is 5.75 Å². The van der Waals surface area contributed by atoms with Crippen LogP contribution in [0.5, 0.6) is 5.75 Å². The molecule has 30 heavy (non-hydrogen) atoms. The predicted molar refractivity (Wildman–Crippen MR) is 121 cm³/mol. The fraction of sp³-hybridized carbons (Fsp3) is 0.500. The lowest BCUT2D eigenvalue weighted by molar-refractivity contribution is -0.127. The number of likely N-dealkylation sites (N-methyl/N-ethyl adjacent to an activating group) is 1. The highest BCUT2D eigenvalue weighted by molar-refractivity contribution is 7.11. The predicted octanol–water partition coefficient (Wildman–Crippen LogP) is 2.40. The molecule has 1 aromatic carbocycles. The zero-order valence-electron chi connectivity index (χ0n) is 18.0. The van der Waals surface area contributed by atoms with E-state index in [0.29, 0.717) is 12.5 Å². The largest absolute Gasteiger partial charge is 0.497 e. The van der Waals surface area contributed by atoms with Crippen molar-refractivity contribution in [3.63, 3.8) is 0 Å². The van der Waals surface area contributed by atoms with Gasteiger partial charge in [0.15, 0.2) is 5.96 Å². The Labute approximate surface area is 182 Å². The molecule has 3 rings (SSSR count). The quantitative estimate of drug-likeness (QED) is 0.498. The molecule has 1 aliphatic rings. The highest BCUT2D eigenvalue weighted by Gasteiger charge is 2.15. The van der Waals surface area contributed by atoms with Crippen LogP contribution in [0.25, 0.3) is 0 Å². The molecule has 1 aliphatic carbocycles. The number of hydrogen-bond donors (Lipinski definition) is 2. The van der Waals surface area contributed by atoms with Crippen molar-refractivity contribution in [3.8, 4) is 5.75 Å². The first-order valence-corrected chi connectivity index (χ1v) is 11.2. The Morgan fingerprint density at radius 3 is 2.67 bits per heavy atom. The first-order valence-electron chi connectivity index (χ1n) is 10.4. The van der Waals surface area contributed by atoms with Crippen molar-refractivity contribution in [2.24, 2.45) is 4.99 Å². The highest BCUT2D eigenvalue weighted by atomic mass is 32.1. The van der Waals surface area contributed by atoms with Crippen LogP contribution in [0.15, 0.2) is 29.3 Å². The minimum atomic E-state index is 0.00143. The van der Waals surface area contributed by atoms with Crippen LogP contribution in [0.2, 0.25) is 0 Å². The summed E-state index contributed by atoms with van der Waals surface area (Å²) in [5.74, 6) is 1.45. The number of benzene rings is 1. The molecule has 0 radical (unpaired) electrons. The van der Waals surface area contributed by atoms with Crippen LogP contribution in [0.3, 0.4) is 0 Å². The molecule has 162 valence electrons. The summed E-state index contributed by atoms with van der Waals surface area (Å²) in [6.07, 6.45) is 5.66. The van der Waals surface area contributed by atoms with Crippen LogP contribution < -0.4 is 15.4 Å². The standard InChI is InChI=1S/C22H31N5O2S/c1-27(2)21(28)15-25-22(24-14-16-8-10-17(29-3)11-9-16)23-13-12-20-26-18-6-4-5-7-19(18)30-20/h8-11H,4-7,12-15H2,1-3H3,(H2,23,24,25). The number of thiazole rings is 1. The second-order valence-electron chi connectivity index (χ2n) is 7.52. The summed E-state index contributed by atoms with van der Waals surface area (Å²) in [6.45, 7) is 1.44. The summed E-state index contributed by atoms with van der Waals surface area (Å²) in [5, 5.41) is 7.65. The Kier molecular flexibility index (Phi) is 8.07. The number of guanidine groups is 1. The van der Waals surface area contributed by atoms with E-state index < -0.39 is 0 Å². The first kappa shape index (κ1) is 22.1. The van der Waals surface area contributed by atoms with Gasteiger partial charge in [0.25, 0.3) is 0 Å². The minimum absolute atomic E-state index is 0.00143. The molecule has 1 aromatic heterocycles. The van der Waals surface area contributed by atoms with E-state index in [9.17, 15) is 4.79 Å². The normalized spacial score (nSPS) is 13.5. The van der Waals surface area contributed by atoms with Gasteiger partial charge in [-0.15, -0.1) is 11.3 Å². The van der Waals surface area contributed by atoms with Crippen molar-refractivity contribution in [1.82, 2.24) is 20.5 Å². The maximum absolute atomic E-state index is 12.0. The third kappa shape index (κ3) is 6.45. The van der Waals surface area contributed by atoms with E-state index in [1.807, 2.05) is 35.6 Å². The summed E-state index contributed by atoms with van der Waals surface area (Å²) in [6, 6.07) is 7.83. The van der Waals surface area contributed by atoms with Gasteiger partial charge in [-0.1, -0.05) is 12.1 Å². The van der Waals surface area contributed by atoms with Crippen LogP contribution in [0, 0.1) is 0 Å². The fourth-order valence-electron chi connectivity index (χ4n) is 3.19. The van der Waals surface area contributed by atoms with Crippen molar-refractivity contribution < 1.29 is 9.53 Å². The number of nitrogens with zero attached hydrogens (tertiary/aromatic N) is 3. The lowest BCUT2D eigenvalue weighted by atomic mass is 10.0. The maximum atomic E-state index is 12.0. The van der Waals surface area contributed by atoms with E-state index in [0.717, 1.165) is 30.7 Å². The SMILES string of the molecule is COc1ccc(CN=C(NCCc2nc3c(s2)CCCC3)NCC(=O)N(C)C)cc1. The van der Waals surface area contributed by atoms with Gasteiger partial charge in [-0.05, 0) is 43.4 Å². The molecule has 0 aliphatic heterocycles. The Morgan fingerprint density at radius 2 is 1.97 bits per heavy atom. The molecule has 0 bridgehead atoms. The minimum Gasteiger partial charge on any atom is -0.497 e. The lowest BCUT2D eigenvalue weighted by Gasteiger charge is -2.15. The molecule has 0 saturated carbocycles. The van der Waals surface area contributed by atoms with Gasteiger partial charge in [-0.3, -0.25) is 4.79 Å². The third-order valence-corrected chi connectivity index (χ3v) is 6.22. The Morgan fingerprint density at radius 1 is 1.20 bits per heavy atom. The first-order chi connectivity index (χ1) is 14.5. The van der Waals surface area contributed by atoms with Crippen molar-refractivity contribution in [1.29, 1.82) is 0 Å². The van der Waals surface area contributed by atoms with Gasteiger partial charge in [0, 0.05) is 31.9 Å². The van der Waals surface area contributed by atoms with Crippen molar-refractivity contribution in [2.75, 3.05) is 34.3 Å². The summed E-state index contributed by atoms with van der Waals surface area (Å²) in [7, 11) is 5.14. The Hall–Kier alpha value is -2.61. The number of aryl methyl sites for hydroxylation is 2. The van der Waals surface area contributed by atoms with Gasteiger partial charge in [-0.2, -0.15) is 0 Å². The topological polar surface area (TPSA) is 78.8 Å². The molecule has 1 heterocycles. The number of carbonyl (C=O) groups excluding carboxylic acids is 1. The zero-order valence-corrected chi connectivity index (χ0v) is 18.8. The van der Waals surface area contributed by atoms with Gasteiger partial charge < -0.3 is 20.3 Å². The second-order valence-corrected chi connectivity index (χ2v) is 8.68. The number of aliphatic imine (C=N–C) groups is 1. The van der Waals surface area contributed by atoms with Crippen LogP contribution in [-0.2, 0) is 30.6 Å². The highest BCUT2D eigenvalue weighted by Crippen LogP contribution is 2.26. The Bertz CT molecular complexity index is 837. The number of nitrogens with one attached hydrogen (secondary N) is 2. The van der Waals surface area contributed by atoms with E-state index in [1.54, 1.807) is 26.1 Å². The van der Waals surface area contributed by atoms with Gasteiger partial charge in [0.05, 0.1) is 30.9 Å². The monoisotopic (exact) mass is 429 g/mol. The van der Waals surface area contributed by atoms with Crippen molar-refractivity contribution >= 4 is 23.2 Å². The van der Waals surface area contributed by atoms with Crippen molar-refractivity contribution in [3.05, 3.63) is 45.4 Å². The van der Waals surface area contributed by atoms with E-state index in [-0.39, 0.29) is 12.5 Å². The van der Waals surface area contributed by atoms with Crippen LogP contribution in [0.1, 0.15) is 34.0 Å². The molecular formula is C22H31N5O2S. The number of ether oxygens (including phenoxy) is 1. The van der Waals surface area contributed by atoms with Gasteiger partial charge >= 0.3 is 0 Å². The number of methoxy groups -OCH3 is 1. The van der Waals surface area contributed by atoms with Crippen LogP contribution in [-0.4, -0.2) is 56.0 Å². The fourth-order valence-corrected chi connectivity index (χ4v) is 4.35. The summed E-state index contributed by atoms with van der Waals surface area (Å²) < 4.78 is 5.20. The molecule has 2 aromatic rings. The summed E-state index contributed by atoms with van der Waals surface area (Å²) in [5.41, 5.74) is 2.37. The van der Waals surface area contributed by atoms with Gasteiger partial charge in [-0.25, -0.2) is 9.98 Å². The Balaban J connectivity index is 1.57. The lowest BCUT2D eigenvalue weighted by Crippen LogP contribution is -2.43. The molecule has 0 spiro atoms. The maximum Gasteiger partial charge on any atom is 0.241 e. The van der Waals surface area contributed by atoms with E-state index in [2.05, 4.69) is 15.6 Å². The van der Waals surface area contributed by atoms with E-state index in [4.69, 9.17) is 9.72 Å². The van der Waals surface area contributed by atoms with Gasteiger partial charge in [0.2, 0.25) is 5.91 Å². The molecule has 2 N–H and O–H groups in total. The third-order valence-electron chi connectivity index (χ3n) is 5.01. The van der Waals surface area contributed by atoms with E-state index >= 15 is 0 Å². The van der Waals surface area contributed by atoms with Crippen molar-refractivity contribution in [2.45, 2.75) is 38.6 Å². The molecule has 7 nitrogen and oxygen atoms in total. The number of hydrogen-bond acceptors (Lipinski definition) is 5. The smallest absolute Gasteiger partial charge is 0.241 e. The molecule has 1 amide bonds. The number of amides is 1. The van der Waals surface area contributed by atoms with Crippen LogP contribution in [0.4, 0.5) is 0 Å². The molecule has 0 fully saturated rings. The molecule has 0 unspecified atom stereocenters.